The van der Waals surface area contributed by atoms with Crippen molar-refractivity contribution in [1.82, 2.24) is 19.6 Å². The lowest BCUT2D eigenvalue weighted by molar-refractivity contribution is 0.483. The van der Waals surface area contributed by atoms with Gasteiger partial charge in [-0.25, -0.2) is 8.78 Å². The lowest BCUT2D eigenvalue weighted by Gasteiger charge is -2.09. The molecule has 0 amide bonds. The van der Waals surface area contributed by atoms with Crippen molar-refractivity contribution >= 4 is 21.8 Å². The maximum absolute atomic E-state index is 16.0. The van der Waals surface area contributed by atoms with Gasteiger partial charge in [0.2, 0.25) is 0 Å². The SMILES string of the molecule is Cc1ccc(Cn2nc(/C(F)=C/CCC/C=C(\F)c3nn(Cc4ccc(C)cc4)c4c3Cc3ccc(S(=O)(=O)O)cc3-4)c3c2-c2ccccc2C3)cc1. The van der Waals surface area contributed by atoms with Gasteiger partial charge in [-0.2, -0.15) is 18.6 Å². The average molecular weight is 729 g/mol. The topological polar surface area (TPSA) is 90.0 Å². The Labute approximate surface area is 307 Å². The summed E-state index contributed by atoms with van der Waals surface area (Å²) in [6.45, 7) is 4.93. The summed E-state index contributed by atoms with van der Waals surface area (Å²) >= 11 is 0. The number of allylic oxidation sites excluding steroid dienone is 2. The predicted octanol–water partition coefficient (Wildman–Crippen LogP) is 9.67. The molecular formula is C43H38F2N4O3S. The van der Waals surface area contributed by atoms with Crippen LogP contribution in [0.5, 0.6) is 0 Å². The lowest BCUT2D eigenvalue weighted by Crippen LogP contribution is -2.05. The number of rotatable bonds is 11. The highest BCUT2D eigenvalue weighted by atomic mass is 32.2. The quantitative estimate of drug-likeness (QED) is 0.106. The van der Waals surface area contributed by atoms with Gasteiger partial charge in [-0.15, -0.1) is 0 Å². The van der Waals surface area contributed by atoms with E-state index >= 15 is 8.78 Å². The Kier molecular flexibility index (Phi) is 9.04. The summed E-state index contributed by atoms with van der Waals surface area (Å²) in [7, 11) is -4.43. The molecule has 10 heteroatoms. The van der Waals surface area contributed by atoms with Crippen molar-refractivity contribution < 1.29 is 21.8 Å². The van der Waals surface area contributed by atoms with Crippen LogP contribution in [0.4, 0.5) is 8.78 Å². The molecule has 53 heavy (non-hydrogen) atoms. The minimum atomic E-state index is -4.43. The molecule has 268 valence electrons. The zero-order chi connectivity index (χ0) is 36.9. The van der Waals surface area contributed by atoms with Gasteiger partial charge in [0.05, 0.1) is 29.4 Å². The van der Waals surface area contributed by atoms with Crippen LogP contribution in [0.3, 0.4) is 0 Å². The van der Waals surface area contributed by atoms with E-state index in [1.165, 1.54) is 23.8 Å². The molecule has 2 aliphatic carbocycles. The number of aryl methyl sites for hydroxylation is 2. The minimum Gasteiger partial charge on any atom is -0.282 e. The standard InChI is InChI=1S/C43H38F2N4O3S/c1-27-12-16-29(17-13-27)25-48-42-34-9-7-6-8-31(34)22-36(42)40(46-48)38(44)10-4-3-5-11-39(45)41-37-23-32-20-21-33(53(50,51)52)24-35(32)43(37)49(47-41)26-30-18-14-28(2)15-19-30/h6-21,24H,3-5,22-23,25-26H2,1-2H3,(H,50,51,52)/b38-10-,39-11-. The lowest BCUT2D eigenvalue weighted by atomic mass is 10.1. The minimum absolute atomic E-state index is 0.202. The highest BCUT2D eigenvalue weighted by molar-refractivity contribution is 7.85. The Bertz CT molecular complexity index is 2550. The second kappa shape index (κ2) is 13.8. The van der Waals surface area contributed by atoms with Crippen molar-refractivity contribution in [2.24, 2.45) is 0 Å². The van der Waals surface area contributed by atoms with E-state index in [-0.39, 0.29) is 16.4 Å². The first-order valence-electron chi connectivity index (χ1n) is 17.7. The monoisotopic (exact) mass is 728 g/mol. The largest absolute Gasteiger partial charge is 0.294 e. The molecule has 0 aliphatic heterocycles. The number of hydrogen-bond donors (Lipinski definition) is 1. The van der Waals surface area contributed by atoms with Gasteiger partial charge >= 0.3 is 0 Å². The van der Waals surface area contributed by atoms with Crippen molar-refractivity contribution in [3.05, 3.63) is 159 Å². The summed E-state index contributed by atoms with van der Waals surface area (Å²) < 4.78 is 69.1. The average Bonchev–Trinajstić information content (AvgIpc) is 3.89. The fourth-order valence-electron chi connectivity index (χ4n) is 7.43. The van der Waals surface area contributed by atoms with Gasteiger partial charge in [0.15, 0.2) is 0 Å². The van der Waals surface area contributed by atoms with E-state index in [1.807, 2.05) is 54.9 Å². The maximum Gasteiger partial charge on any atom is 0.294 e. The summed E-state index contributed by atoms with van der Waals surface area (Å²) in [6.07, 6.45) is 5.29. The highest BCUT2D eigenvalue weighted by Crippen LogP contribution is 2.43. The van der Waals surface area contributed by atoms with Crippen LogP contribution in [0, 0.1) is 13.8 Å². The van der Waals surface area contributed by atoms with E-state index in [4.69, 9.17) is 5.10 Å². The zero-order valence-electron chi connectivity index (χ0n) is 29.5. The van der Waals surface area contributed by atoms with Crippen molar-refractivity contribution in [3.8, 4) is 22.5 Å². The molecule has 0 atom stereocenters. The molecule has 0 spiro atoms. The summed E-state index contributed by atoms with van der Waals surface area (Å²) in [5.74, 6) is -0.863. The van der Waals surface area contributed by atoms with Crippen LogP contribution >= 0.6 is 0 Å². The van der Waals surface area contributed by atoms with Crippen LogP contribution in [0.2, 0.25) is 0 Å². The van der Waals surface area contributed by atoms with E-state index in [2.05, 4.69) is 41.5 Å². The summed E-state index contributed by atoms with van der Waals surface area (Å²) in [5, 5.41) is 9.44. The van der Waals surface area contributed by atoms with E-state index in [0.29, 0.717) is 67.7 Å². The highest BCUT2D eigenvalue weighted by Gasteiger charge is 2.31. The molecule has 0 radical (unpaired) electrons. The van der Waals surface area contributed by atoms with E-state index in [9.17, 15) is 13.0 Å². The summed E-state index contributed by atoms with van der Waals surface area (Å²) in [6, 6.07) is 28.8. The number of unbranched alkanes of at least 4 members (excludes halogenated alkanes) is 2. The number of hydrogen-bond acceptors (Lipinski definition) is 4. The van der Waals surface area contributed by atoms with Crippen molar-refractivity contribution in [1.29, 1.82) is 0 Å². The Morgan fingerprint density at radius 3 is 1.72 bits per heavy atom. The third-order valence-electron chi connectivity index (χ3n) is 10.2. The van der Waals surface area contributed by atoms with Crippen LogP contribution < -0.4 is 0 Å². The van der Waals surface area contributed by atoms with Crippen molar-refractivity contribution in [2.45, 2.75) is 63.9 Å². The molecule has 2 aromatic heterocycles. The van der Waals surface area contributed by atoms with Crippen LogP contribution in [-0.4, -0.2) is 32.5 Å². The Morgan fingerprint density at radius 2 is 1.19 bits per heavy atom. The fraction of sp³-hybridized carbons (Fsp3) is 0.209. The fourth-order valence-corrected chi connectivity index (χ4v) is 7.93. The maximum atomic E-state index is 16.0. The first-order chi connectivity index (χ1) is 25.5. The Morgan fingerprint density at radius 1 is 0.698 bits per heavy atom. The summed E-state index contributed by atoms with van der Waals surface area (Å²) in [5.41, 5.74) is 11.7. The molecular weight excluding hydrogens is 691 g/mol. The van der Waals surface area contributed by atoms with Crippen molar-refractivity contribution in [3.63, 3.8) is 0 Å². The van der Waals surface area contributed by atoms with Gasteiger partial charge in [-0.1, -0.05) is 90.0 Å². The second-order valence-electron chi connectivity index (χ2n) is 14.0. The van der Waals surface area contributed by atoms with Gasteiger partial charge in [-0.3, -0.25) is 13.9 Å². The predicted molar refractivity (Wildman–Crippen MR) is 203 cm³/mol. The molecule has 8 rings (SSSR count). The smallest absolute Gasteiger partial charge is 0.282 e. The van der Waals surface area contributed by atoms with Gasteiger partial charge < -0.3 is 0 Å². The molecule has 4 aromatic carbocycles. The second-order valence-corrected chi connectivity index (χ2v) is 15.4. The number of aromatic nitrogens is 4. The number of benzene rings is 4. The summed E-state index contributed by atoms with van der Waals surface area (Å²) in [4.78, 5) is -0.224. The van der Waals surface area contributed by atoms with Gasteiger partial charge in [-0.05, 0) is 79.6 Å². The number of fused-ring (bicyclic) bond motifs is 6. The first-order valence-corrected chi connectivity index (χ1v) is 19.2. The van der Waals surface area contributed by atoms with Gasteiger partial charge in [0.1, 0.15) is 23.0 Å². The van der Waals surface area contributed by atoms with Gasteiger partial charge in [0, 0.05) is 35.1 Å². The third-order valence-corrected chi connectivity index (χ3v) is 11.0. The molecule has 0 bridgehead atoms. The van der Waals surface area contributed by atoms with Crippen LogP contribution in [0.1, 0.15) is 75.2 Å². The first kappa shape index (κ1) is 34.6. The zero-order valence-corrected chi connectivity index (χ0v) is 30.3. The molecule has 0 saturated carbocycles. The molecule has 6 aromatic rings. The number of halogens is 2. The normalized spacial score (nSPS) is 13.6. The van der Waals surface area contributed by atoms with Crippen LogP contribution in [0.25, 0.3) is 34.2 Å². The van der Waals surface area contributed by atoms with Crippen LogP contribution in [0.15, 0.2) is 108 Å². The van der Waals surface area contributed by atoms with E-state index < -0.39 is 15.9 Å². The van der Waals surface area contributed by atoms with E-state index in [0.717, 1.165) is 44.6 Å². The van der Waals surface area contributed by atoms with E-state index in [1.54, 1.807) is 16.8 Å². The molecule has 2 heterocycles. The van der Waals surface area contributed by atoms with Gasteiger partial charge in [0.25, 0.3) is 10.1 Å². The molecule has 2 aliphatic rings. The number of nitrogens with zero attached hydrogens (tertiary/aromatic N) is 4. The third kappa shape index (κ3) is 6.80. The molecule has 0 fully saturated rings. The van der Waals surface area contributed by atoms with Crippen molar-refractivity contribution in [2.75, 3.05) is 0 Å². The molecule has 0 unspecified atom stereocenters. The Hall–Kier alpha value is -5.45. The molecule has 7 nitrogen and oxygen atoms in total. The Balaban J connectivity index is 1.02. The van der Waals surface area contributed by atoms with Crippen LogP contribution in [-0.2, 0) is 36.0 Å². The molecule has 0 saturated heterocycles. The molecule has 1 N–H and O–H groups in total.